The van der Waals surface area contributed by atoms with Crippen molar-refractivity contribution in [1.29, 1.82) is 0 Å². The maximum atomic E-state index is 6.00. The molecule has 0 radical (unpaired) electrons. The Bertz CT molecular complexity index is 448. The van der Waals surface area contributed by atoms with E-state index >= 15 is 0 Å². The summed E-state index contributed by atoms with van der Waals surface area (Å²) in [5.41, 5.74) is 6.81. The second kappa shape index (κ2) is 3.94. The fourth-order valence-corrected chi connectivity index (χ4v) is 1.38. The average Bonchev–Trinajstić information content (AvgIpc) is 2.62. The maximum absolute atomic E-state index is 6.00. The van der Waals surface area contributed by atoms with Gasteiger partial charge in [0.2, 0.25) is 0 Å². The molecule has 2 aromatic rings. The topological polar surface area (TPSA) is 69.1 Å². The molecule has 2 rings (SSSR count). The van der Waals surface area contributed by atoms with Crippen LogP contribution in [0.1, 0.15) is 19.7 Å². The molecule has 80 valence electrons. The van der Waals surface area contributed by atoms with E-state index in [0.29, 0.717) is 5.92 Å². The van der Waals surface area contributed by atoms with Crippen molar-refractivity contribution in [2.75, 3.05) is 0 Å². The van der Waals surface area contributed by atoms with Crippen molar-refractivity contribution in [3.63, 3.8) is 0 Å². The van der Waals surface area contributed by atoms with Crippen molar-refractivity contribution >= 4 is 5.65 Å². The molecule has 0 aliphatic rings. The third-order valence-electron chi connectivity index (χ3n) is 2.56. The Morgan fingerprint density at radius 1 is 1.40 bits per heavy atom. The smallest absolute Gasteiger partial charge is 0.163 e. The second-order valence-corrected chi connectivity index (χ2v) is 4.04. The first-order valence-electron chi connectivity index (χ1n) is 5.07. The lowest BCUT2D eigenvalue weighted by atomic mass is 10.0. The van der Waals surface area contributed by atoms with Crippen LogP contribution in [0.25, 0.3) is 5.65 Å². The molecule has 0 saturated carbocycles. The summed E-state index contributed by atoms with van der Waals surface area (Å²) in [6.45, 7) is 4.21. The molecule has 0 aromatic carbocycles. The third-order valence-corrected chi connectivity index (χ3v) is 2.56. The highest BCUT2D eigenvalue weighted by molar-refractivity contribution is 5.35. The van der Waals surface area contributed by atoms with Crippen LogP contribution < -0.4 is 5.73 Å². The molecule has 2 heterocycles. The molecule has 0 spiro atoms. The van der Waals surface area contributed by atoms with Crippen LogP contribution >= 0.6 is 0 Å². The van der Waals surface area contributed by atoms with Gasteiger partial charge in [0.25, 0.3) is 0 Å². The number of hydrogen-bond donors (Lipinski definition) is 1. The van der Waals surface area contributed by atoms with E-state index in [-0.39, 0.29) is 6.04 Å². The van der Waals surface area contributed by atoms with Gasteiger partial charge in [0.1, 0.15) is 12.2 Å². The largest absolute Gasteiger partial charge is 0.327 e. The summed E-state index contributed by atoms with van der Waals surface area (Å²) in [5.74, 6) is 1.31. The van der Waals surface area contributed by atoms with Gasteiger partial charge in [-0.2, -0.15) is 0 Å². The third kappa shape index (κ3) is 1.97. The van der Waals surface area contributed by atoms with Crippen molar-refractivity contribution in [1.82, 2.24) is 19.6 Å². The van der Waals surface area contributed by atoms with E-state index in [0.717, 1.165) is 17.9 Å². The van der Waals surface area contributed by atoms with Crippen molar-refractivity contribution in [3.8, 4) is 0 Å². The van der Waals surface area contributed by atoms with Gasteiger partial charge in [-0.25, -0.2) is 4.98 Å². The van der Waals surface area contributed by atoms with Crippen molar-refractivity contribution in [2.45, 2.75) is 26.3 Å². The lowest BCUT2D eigenvalue weighted by Crippen LogP contribution is -2.29. The van der Waals surface area contributed by atoms with Crippen molar-refractivity contribution in [3.05, 3.63) is 24.4 Å². The van der Waals surface area contributed by atoms with Crippen LogP contribution in [0.3, 0.4) is 0 Å². The van der Waals surface area contributed by atoms with Crippen molar-refractivity contribution in [2.24, 2.45) is 11.7 Å². The highest BCUT2D eigenvalue weighted by atomic mass is 15.3. The molecule has 0 bridgehead atoms. The summed E-state index contributed by atoms with van der Waals surface area (Å²) in [4.78, 5) is 4.04. The molecule has 5 nitrogen and oxygen atoms in total. The SMILES string of the molecule is CC(C)C(N)Cc1nnc2ccncn12. The first-order chi connectivity index (χ1) is 7.18. The predicted octanol–water partition coefficient (Wildman–Crippen LogP) is 0.650. The molecule has 0 amide bonds. The average molecular weight is 205 g/mol. The molecule has 0 aliphatic carbocycles. The lowest BCUT2D eigenvalue weighted by Gasteiger charge is -2.13. The second-order valence-electron chi connectivity index (χ2n) is 4.04. The molecule has 2 aromatic heterocycles. The van der Waals surface area contributed by atoms with E-state index in [1.807, 2.05) is 10.5 Å². The van der Waals surface area contributed by atoms with Gasteiger partial charge in [-0.1, -0.05) is 13.8 Å². The number of nitrogens with two attached hydrogens (primary N) is 1. The van der Waals surface area contributed by atoms with Gasteiger partial charge >= 0.3 is 0 Å². The van der Waals surface area contributed by atoms with Crippen LogP contribution in [0, 0.1) is 5.92 Å². The minimum Gasteiger partial charge on any atom is -0.327 e. The van der Waals surface area contributed by atoms with Crippen LogP contribution in [0.15, 0.2) is 18.6 Å². The Kier molecular flexibility index (Phi) is 2.64. The molecule has 1 atom stereocenters. The summed E-state index contributed by atoms with van der Waals surface area (Å²) in [5, 5.41) is 8.16. The quantitative estimate of drug-likeness (QED) is 0.798. The highest BCUT2D eigenvalue weighted by Gasteiger charge is 2.12. The summed E-state index contributed by atoms with van der Waals surface area (Å²) >= 11 is 0. The number of aromatic nitrogens is 4. The minimum atomic E-state index is 0.109. The summed E-state index contributed by atoms with van der Waals surface area (Å²) < 4.78 is 1.88. The molecule has 0 saturated heterocycles. The maximum Gasteiger partial charge on any atom is 0.163 e. The summed E-state index contributed by atoms with van der Waals surface area (Å²) in [7, 11) is 0. The zero-order valence-corrected chi connectivity index (χ0v) is 8.96. The molecule has 15 heavy (non-hydrogen) atoms. The van der Waals surface area contributed by atoms with Gasteiger partial charge in [0.15, 0.2) is 5.65 Å². The minimum absolute atomic E-state index is 0.109. The van der Waals surface area contributed by atoms with Gasteiger partial charge < -0.3 is 5.73 Å². The van der Waals surface area contributed by atoms with Crippen LogP contribution in [0.5, 0.6) is 0 Å². The Morgan fingerprint density at radius 2 is 2.20 bits per heavy atom. The zero-order valence-electron chi connectivity index (χ0n) is 8.96. The number of fused-ring (bicyclic) bond motifs is 1. The van der Waals surface area contributed by atoms with Crippen LogP contribution in [-0.2, 0) is 6.42 Å². The van der Waals surface area contributed by atoms with Gasteiger partial charge in [-0.3, -0.25) is 4.40 Å². The zero-order chi connectivity index (χ0) is 10.8. The van der Waals surface area contributed by atoms with E-state index in [2.05, 4.69) is 29.0 Å². The first kappa shape index (κ1) is 10.0. The van der Waals surface area contributed by atoms with E-state index in [9.17, 15) is 0 Å². The molecule has 1 unspecified atom stereocenters. The van der Waals surface area contributed by atoms with E-state index in [1.54, 1.807) is 12.5 Å². The molecular weight excluding hydrogens is 190 g/mol. The Balaban J connectivity index is 2.29. The normalized spacial score (nSPS) is 13.6. The summed E-state index contributed by atoms with van der Waals surface area (Å²) in [6, 6.07) is 1.94. The Labute approximate surface area is 88.3 Å². The number of rotatable bonds is 3. The fourth-order valence-electron chi connectivity index (χ4n) is 1.38. The molecular formula is C10H15N5. The fraction of sp³-hybridized carbons (Fsp3) is 0.500. The van der Waals surface area contributed by atoms with E-state index in [1.165, 1.54) is 0 Å². The van der Waals surface area contributed by atoms with Crippen LogP contribution in [0.2, 0.25) is 0 Å². The highest BCUT2D eigenvalue weighted by Crippen LogP contribution is 2.07. The summed E-state index contributed by atoms with van der Waals surface area (Å²) in [6.07, 6.45) is 4.15. The molecule has 0 aliphatic heterocycles. The van der Waals surface area contributed by atoms with Crippen LogP contribution in [0.4, 0.5) is 0 Å². The van der Waals surface area contributed by atoms with E-state index < -0.39 is 0 Å². The first-order valence-corrected chi connectivity index (χ1v) is 5.07. The predicted molar refractivity (Wildman–Crippen MR) is 57.3 cm³/mol. The monoisotopic (exact) mass is 205 g/mol. The Morgan fingerprint density at radius 3 is 2.93 bits per heavy atom. The van der Waals surface area contributed by atoms with Gasteiger partial charge in [-0.05, 0) is 5.92 Å². The molecule has 0 fully saturated rings. The van der Waals surface area contributed by atoms with Gasteiger partial charge in [0.05, 0.1) is 0 Å². The van der Waals surface area contributed by atoms with Crippen LogP contribution in [-0.4, -0.2) is 25.6 Å². The molecule has 2 N–H and O–H groups in total. The lowest BCUT2D eigenvalue weighted by molar-refractivity contribution is 0.480. The van der Waals surface area contributed by atoms with E-state index in [4.69, 9.17) is 5.73 Å². The number of hydrogen-bond acceptors (Lipinski definition) is 4. The number of nitrogens with zero attached hydrogens (tertiary/aromatic N) is 4. The van der Waals surface area contributed by atoms with Gasteiger partial charge in [-0.15, -0.1) is 10.2 Å². The molecule has 5 heteroatoms. The standard InChI is InChI=1S/C10H15N5/c1-7(2)8(11)5-10-14-13-9-3-4-12-6-15(9)10/h3-4,6-8H,5,11H2,1-2H3. The van der Waals surface area contributed by atoms with Crippen molar-refractivity contribution < 1.29 is 0 Å². The Hall–Kier alpha value is -1.49. The van der Waals surface area contributed by atoms with Gasteiger partial charge in [0, 0.05) is 24.7 Å².